The zero-order valence-corrected chi connectivity index (χ0v) is 16.5. The topological polar surface area (TPSA) is 69.8 Å². The van der Waals surface area contributed by atoms with Gasteiger partial charge < -0.3 is 0 Å². The second-order valence-electron chi connectivity index (χ2n) is 7.31. The van der Waals surface area contributed by atoms with E-state index >= 15 is 0 Å². The van der Waals surface area contributed by atoms with Crippen molar-refractivity contribution in [2.24, 2.45) is 0 Å². The first-order chi connectivity index (χ1) is 14.5. The fraction of sp³-hybridized carbons (Fsp3) is 0.0833. The summed E-state index contributed by atoms with van der Waals surface area (Å²) in [5.41, 5.74) is 3.52. The third kappa shape index (κ3) is 2.81. The molecule has 0 aliphatic carbocycles. The smallest absolute Gasteiger partial charge is 0.265 e. The summed E-state index contributed by atoms with van der Waals surface area (Å²) in [5, 5.41) is 0.785. The third-order valence-corrected chi connectivity index (χ3v) is 5.26. The van der Waals surface area contributed by atoms with Crippen molar-refractivity contribution in [3.05, 3.63) is 105 Å². The van der Waals surface area contributed by atoms with Gasteiger partial charge in [-0.3, -0.25) is 18.7 Å². The third-order valence-electron chi connectivity index (χ3n) is 5.26. The normalized spacial score (nSPS) is 11.3. The summed E-state index contributed by atoms with van der Waals surface area (Å²) in [6, 6.07) is 16.6. The molecule has 0 spiro atoms. The minimum Gasteiger partial charge on any atom is -0.283 e. The minimum atomic E-state index is -0.262. The molecule has 6 nitrogen and oxygen atoms in total. The molecule has 0 aliphatic rings. The molecule has 0 atom stereocenters. The molecule has 0 saturated heterocycles. The Morgan fingerprint density at radius 3 is 2.17 bits per heavy atom. The summed E-state index contributed by atoms with van der Waals surface area (Å²) in [4.78, 5) is 35.2. The average molecular weight is 394 g/mol. The Hall–Kier alpha value is -4.06. The molecule has 0 N–H and O–H groups in total. The highest BCUT2D eigenvalue weighted by Crippen LogP contribution is 2.18. The molecule has 0 amide bonds. The monoisotopic (exact) mass is 394 g/mol. The first-order valence-electron chi connectivity index (χ1n) is 9.60. The van der Waals surface area contributed by atoms with Crippen LogP contribution < -0.4 is 11.1 Å². The molecule has 0 unspecified atom stereocenters. The molecule has 0 fully saturated rings. The maximum absolute atomic E-state index is 13.3. The fourth-order valence-corrected chi connectivity index (χ4v) is 3.67. The maximum atomic E-state index is 13.3. The number of hydrogen-bond acceptors (Lipinski definition) is 4. The largest absolute Gasteiger partial charge is 0.283 e. The van der Waals surface area contributed by atoms with E-state index in [1.165, 1.54) is 4.57 Å². The highest BCUT2D eigenvalue weighted by Gasteiger charge is 2.12. The fourth-order valence-electron chi connectivity index (χ4n) is 3.67. The van der Waals surface area contributed by atoms with Crippen LogP contribution in [0.2, 0.25) is 0 Å². The molecule has 0 aliphatic heterocycles. The van der Waals surface area contributed by atoms with Gasteiger partial charge in [0.1, 0.15) is 5.82 Å². The summed E-state index contributed by atoms with van der Waals surface area (Å²) in [6.45, 7) is 3.96. The van der Waals surface area contributed by atoms with Crippen LogP contribution in [0.25, 0.3) is 33.3 Å². The molecule has 4 aromatic heterocycles. The number of fused-ring (bicyclic) bond motifs is 2. The highest BCUT2D eigenvalue weighted by atomic mass is 16.1. The van der Waals surface area contributed by atoms with E-state index in [0.29, 0.717) is 27.6 Å². The number of rotatable bonds is 2. The summed E-state index contributed by atoms with van der Waals surface area (Å²) in [7, 11) is 0. The van der Waals surface area contributed by atoms with Crippen LogP contribution >= 0.6 is 0 Å². The van der Waals surface area contributed by atoms with Gasteiger partial charge in [0.05, 0.1) is 27.5 Å². The lowest BCUT2D eigenvalue weighted by Crippen LogP contribution is -2.21. The van der Waals surface area contributed by atoms with Crippen molar-refractivity contribution in [3.63, 3.8) is 0 Å². The van der Waals surface area contributed by atoms with E-state index in [1.807, 2.05) is 44.2 Å². The molecule has 30 heavy (non-hydrogen) atoms. The van der Waals surface area contributed by atoms with Crippen molar-refractivity contribution < 1.29 is 0 Å². The van der Waals surface area contributed by atoms with E-state index in [0.717, 1.165) is 16.8 Å². The van der Waals surface area contributed by atoms with Crippen LogP contribution in [0, 0.1) is 13.8 Å². The number of pyridine rings is 4. The van der Waals surface area contributed by atoms with Crippen LogP contribution in [0.3, 0.4) is 0 Å². The zero-order valence-electron chi connectivity index (χ0n) is 16.5. The van der Waals surface area contributed by atoms with E-state index in [1.54, 1.807) is 47.4 Å². The first-order valence-corrected chi connectivity index (χ1v) is 9.60. The molecule has 0 saturated carbocycles. The van der Waals surface area contributed by atoms with Crippen LogP contribution in [0.5, 0.6) is 0 Å². The second kappa shape index (κ2) is 6.77. The lowest BCUT2D eigenvalue weighted by molar-refractivity contribution is 0.953. The Labute approximate surface area is 171 Å². The van der Waals surface area contributed by atoms with Gasteiger partial charge in [0.15, 0.2) is 0 Å². The molecule has 0 radical (unpaired) electrons. The number of benzene rings is 1. The van der Waals surface area contributed by atoms with Gasteiger partial charge in [-0.1, -0.05) is 18.2 Å². The lowest BCUT2D eigenvalue weighted by Gasteiger charge is -2.12. The van der Waals surface area contributed by atoms with Crippen LogP contribution in [0.4, 0.5) is 0 Å². The van der Waals surface area contributed by atoms with E-state index in [4.69, 9.17) is 0 Å². The first kappa shape index (κ1) is 18.0. The summed E-state index contributed by atoms with van der Waals surface area (Å²) >= 11 is 0. The second-order valence-corrected chi connectivity index (χ2v) is 7.31. The van der Waals surface area contributed by atoms with Gasteiger partial charge >= 0.3 is 0 Å². The highest BCUT2D eigenvalue weighted by molar-refractivity contribution is 5.91. The van der Waals surface area contributed by atoms with E-state index < -0.39 is 0 Å². The van der Waals surface area contributed by atoms with Crippen molar-refractivity contribution in [2.75, 3.05) is 0 Å². The van der Waals surface area contributed by atoms with Crippen LogP contribution in [-0.4, -0.2) is 19.1 Å². The van der Waals surface area contributed by atoms with Gasteiger partial charge in [-0.05, 0) is 61.4 Å². The van der Waals surface area contributed by atoms with Crippen molar-refractivity contribution in [3.8, 4) is 11.5 Å². The quantitative estimate of drug-likeness (QED) is 0.428. The van der Waals surface area contributed by atoms with E-state index in [-0.39, 0.29) is 11.1 Å². The molecule has 6 heteroatoms. The van der Waals surface area contributed by atoms with Gasteiger partial charge in [-0.2, -0.15) is 0 Å². The van der Waals surface area contributed by atoms with Gasteiger partial charge in [0, 0.05) is 18.6 Å². The Bertz CT molecular complexity index is 1550. The van der Waals surface area contributed by atoms with E-state index in [2.05, 4.69) is 9.97 Å². The summed E-state index contributed by atoms with van der Waals surface area (Å²) in [5.74, 6) is 0.519. The number of aryl methyl sites for hydroxylation is 2. The van der Waals surface area contributed by atoms with Crippen LogP contribution in [0.1, 0.15) is 11.1 Å². The number of hydrogen-bond donors (Lipinski definition) is 0. The van der Waals surface area contributed by atoms with Crippen LogP contribution in [0.15, 0.2) is 82.8 Å². The SMILES string of the molecule is Cc1ccc(C)c(-n2ccc3nc4ccn(-c5ccccn5)c(=O)c4cc3c2=O)c1. The van der Waals surface area contributed by atoms with Crippen molar-refractivity contribution in [2.45, 2.75) is 13.8 Å². The lowest BCUT2D eigenvalue weighted by atomic mass is 10.1. The standard InChI is InChI=1S/C24H18N4O2/c1-15-6-7-16(2)21(13-15)27-11-8-19-17(23(27)29)14-18-20(26-19)9-12-28(24(18)30)22-5-3-4-10-25-22/h3-14H,1-2H3. The maximum Gasteiger partial charge on any atom is 0.265 e. The molecule has 0 bridgehead atoms. The van der Waals surface area contributed by atoms with Gasteiger partial charge in [0.25, 0.3) is 11.1 Å². The number of nitrogens with zero attached hydrogens (tertiary/aromatic N) is 4. The average Bonchev–Trinajstić information content (AvgIpc) is 2.76. The Morgan fingerprint density at radius 1 is 0.767 bits per heavy atom. The van der Waals surface area contributed by atoms with Crippen molar-refractivity contribution >= 4 is 21.8 Å². The van der Waals surface area contributed by atoms with Gasteiger partial charge in [0.2, 0.25) is 0 Å². The summed E-state index contributed by atoms with van der Waals surface area (Å²) in [6.07, 6.45) is 5.02. The number of aromatic nitrogens is 4. The van der Waals surface area contributed by atoms with Gasteiger partial charge in [-0.25, -0.2) is 9.97 Å². The molecule has 5 rings (SSSR count). The molecule has 146 valence electrons. The molecular formula is C24H18N4O2. The van der Waals surface area contributed by atoms with Crippen molar-refractivity contribution in [1.82, 2.24) is 19.1 Å². The van der Waals surface area contributed by atoms with Crippen molar-refractivity contribution in [1.29, 1.82) is 0 Å². The minimum absolute atomic E-state index is 0.205. The Kier molecular flexibility index (Phi) is 4.06. The molecule has 1 aromatic carbocycles. The Balaban J connectivity index is 1.80. The van der Waals surface area contributed by atoms with E-state index in [9.17, 15) is 9.59 Å². The molecule has 5 aromatic rings. The molecular weight excluding hydrogens is 376 g/mol. The zero-order chi connectivity index (χ0) is 20.8. The summed E-state index contributed by atoms with van der Waals surface area (Å²) < 4.78 is 3.07. The predicted molar refractivity (Wildman–Crippen MR) is 118 cm³/mol. The molecule has 4 heterocycles. The van der Waals surface area contributed by atoms with Crippen LogP contribution in [-0.2, 0) is 0 Å². The Morgan fingerprint density at radius 2 is 1.47 bits per heavy atom. The predicted octanol–water partition coefficient (Wildman–Crippen LogP) is 3.70. The van der Waals surface area contributed by atoms with Gasteiger partial charge in [-0.15, -0.1) is 0 Å².